The van der Waals surface area contributed by atoms with Gasteiger partial charge < -0.3 is 9.64 Å². The summed E-state index contributed by atoms with van der Waals surface area (Å²) in [6, 6.07) is 0.560. The molecular formula is C12H20N2O. The van der Waals surface area contributed by atoms with E-state index >= 15 is 0 Å². The summed E-state index contributed by atoms with van der Waals surface area (Å²) >= 11 is 0. The van der Waals surface area contributed by atoms with Crippen LogP contribution in [0.3, 0.4) is 0 Å². The Labute approximate surface area is 92.1 Å². The van der Waals surface area contributed by atoms with Crippen LogP contribution in [-0.4, -0.2) is 37.9 Å². The number of hydrogen-bond donors (Lipinski definition) is 0. The van der Waals surface area contributed by atoms with Crippen molar-refractivity contribution in [2.75, 3.05) is 20.2 Å². The molecule has 1 unspecified atom stereocenters. The van der Waals surface area contributed by atoms with E-state index in [1.807, 2.05) is 19.1 Å². The number of aliphatic imine (C=N–C) groups is 1. The summed E-state index contributed by atoms with van der Waals surface area (Å²) < 4.78 is 5.69. The zero-order valence-corrected chi connectivity index (χ0v) is 9.65. The van der Waals surface area contributed by atoms with E-state index in [-0.39, 0.29) is 0 Å². The first-order valence-electron chi connectivity index (χ1n) is 5.39. The van der Waals surface area contributed by atoms with Gasteiger partial charge in [0.05, 0.1) is 0 Å². The number of allylic oxidation sites excluding steroid dienone is 2. The second-order valence-corrected chi connectivity index (χ2v) is 3.78. The molecule has 1 fully saturated rings. The first-order valence-corrected chi connectivity index (χ1v) is 5.39. The second-order valence-electron chi connectivity index (χ2n) is 3.78. The van der Waals surface area contributed by atoms with Gasteiger partial charge in [0.2, 0.25) is 0 Å². The Balaban J connectivity index is 2.34. The average Bonchev–Trinajstić information content (AvgIpc) is 2.65. The molecule has 3 nitrogen and oxygen atoms in total. The molecule has 1 atom stereocenters. The van der Waals surface area contributed by atoms with Crippen molar-refractivity contribution >= 4 is 6.72 Å². The zero-order valence-electron chi connectivity index (χ0n) is 9.65. The summed E-state index contributed by atoms with van der Waals surface area (Å²) in [4.78, 5) is 6.01. The molecule has 0 amide bonds. The van der Waals surface area contributed by atoms with Crippen molar-refractivity contribution in [3.63, 3.8) is 0 Å². The van der Waals surface area contributed by atoms with Gasteiger partial charge in [-0.3, -0.25) is 4.99 Å². The van der Waals surface area contributed by atoms with Crippen molar-refractivity contribution in [2.24, 2.45) is 4.99 Å². The van der Waals surface area contributed by atoms with Crippen LogP contribution in [-0.2, 0) is 4.74 Å². The minimum absolute atomic E-state index is 0.560. The van der Waals surface area contributed by atoms with Crippen molar-refractivity contribution in [1.29, 1.82) is 0 Å². The Kier molecular flexibility index (Phi) is 5.12. The minimum Gasteiger partial charge on any atom is -0.492 e. The molecule has 0 saturated carbocycles. The van der Waals surface area contributed by atoms with Crippen LogP contribution in [0.25, 0.3) is 0 Å². The molecule has 0 aliphatic carbocycles. The SMILES string of the molecule is C=NC=CC(=CC)OCC1CCCN1C. The lowest BCUT2D eigenvalue weighted by molar-refractivity contribution is 0.146. The highest BCUT2D eigenvalue weighted by molar-refractivity contribution is 5.26. The van der Waals surface area contributed by atoms with Gasteiger partial charge in [0.15, 0.2) is 0 Å². The number of likely N-dealkylation sites (N-methyl/N-ethyl adjacent to an activating group) is 1. The number of ether oxygens (including phenoxy) is 1. The standard InChI is InChI=1S/C12H20N2O/c1-4-12(7-8-13-2)15-10-11-6-5-9-14(11)3/h4,7-8,11H,2,5-6,9-10H2,1,3H3. The van der Waals surface area contributed by atoms with Crippen LogP contribution in [0.1, 0.15) is 19.8 Å². The topological polar surface area (TPSA) is 24.8 Å². The highest BCUT2D eigenvalue weighted by Gasteiger charge is 2.21. The molecule has 0 N–H and O–H groups in total. The van der Waals surface area contributed by atoms with Crippen molar-refractivity contribution in [3.05, 3.63) is 24.1 Å². The highest BCUT2D eigenvalue weighted by atomic mass is 16.5. The molecule has 84 valence electrons. The summed E-state index contributed by atoms with van der Waals surface area (Å²) in [7, 11) is 2.15. The molecular weight excluding hydrogens is 188 g/mol. The van der Waals surface area contributed by atoms with E-state index in [9.17, 15) is 0 Å². The molecule has 15 heavy (non-hydrogen) atoms. The highest BCUT2D eigenvalue weighted by Crippen LogP contribution is 2.16. The fourth-order valence-corrected chi connectivity index (χ4v) is 1.74. The average molecular weight is 208 g/mol. The van der Waals surface area contributed by atoms with Crippen molar-refractivity contribution in [2.45, 2.75) is 25.8 Å². The molecule has 1 aliphatic rings. The Morgan fingerprint density at radius 1 is 1.67 bits per heavy atom. The molecule has 1 heterocycles. The molecule has 0 aromatic carbocycles. The normalized spacial score (nSPS) is 23.6. The smallest absolute Gasteiger partial charge is 0.116 e. The molecule has 0 aromatic heterocycles. The third-order valence-corrected chi connectivity index (χ3v) is 2.74. The van der Waals surface area contributed by atoms with E-state index in [4.69, 9.17) is 4.74 Å². The molecule has 0 spiro atoms. The largest absolute Gasteiger partial charge is 0.492 e. The second kappa shape index (κ2) is 6.40. The summed E-state index contributed by atoms with van der Waals surface area (Å²) in [5.41, 5.74) is 0. The molecule has 0 radical (unpaired) electrons. The fourth-order valence-electron chi connectivity index (χ4n) is 1.74. The van der Waals surface area contributed by atoms with E-state index in [1.54, 1.807) is 6.20 Å². The summed E-state index contributed by atoms with van der Waals surface area (Å²) in [5.74, 6) is 0.864. The monoisotopic (exact) mass is 208 g/mol. The van der Waals surface area contributed by atoms with Crippen LogP contribution in [0, 0.1) is 0 Å². The van der Waals surface area contributed by atoms with Gasteiger partial charge >= 0.3 is 0 Å². The predicted octanol–water partition coefficient (Wildman–Crippen LogP) is 2.22. The van der Waals surface area contributed by atoms with Gasteiger partial charge in [-0.25, -0.2) is 0 Å². The summed E-state index contributed by atoms with van der Waals surface area (Å²) in [6.07, 6.45) is 7.93. The van der Waals surface area contributed by atoms with Crippen molar-refractivity contribution in [3.8, 4) is 0 Å². The molecule has 0 aromatic rings. The van der Waals surface area contributed by atoms with Crippen molar-refractivity contribution in [1.82, 2.24) is 4.90 Å². The summed E-state index contributed by atoms with van der Waals surface area (Å²) in [6.45, 7) is 7.29. The predicted molar refractivity (Wildman–Crippen MR) is 64.1 cm³/mol. The zero-order chi connectivity index (χ0) is 11.1. The van der Waals surface area contributed by atoms with Gasteiger partial charge in [-0.05, 0) is 52.2 Å². The van der Waals surface area contributed by atoms with Crippen LogP contribution in [0.2, 0.25) is 0 Å². The molecule has 1 rings (SSSR count). The number of hydrogen-bond acceptors (Lipinski definition) is 3. The van der Waals surface area contributed by atoms with Crippen LogP contribution in [0.4, 0.5) is 0 Å². The van der Waals surface area contributed by atoms with Gasteiger partial charge in [-0.1, -0.05) is 0 Å². The Bertz CT molecular complexity index is 258. The van der Waals surface area contributed by atoms with Crippen LogP contribution in [0.15, 0.2) is 29.1 Å². The summed E-state index contributed by atoms with van der Waals surface area (Å²) in [5, 5.41) is 0. The van der Waals surface area contributed by atoms with E-state index < -0.39 is 0 Å². The molecule has 3 heteroatoms. The fraction of sp³-hybridized carbons (Fsp3) is 0.583. The lowest BCUT2D eigenvalue weighted by Gasteiger charge is -2.19. The van der Waals surface area contributed by atoms with Crippen molar-refractivity contribution < 1.29 is 4.74 Å². The third kappa shape index (κ3) is 3.88. The number of rotatable bonds is 5. The van der Waals surface area contributed by atoms with Gasteiger partial charge in [0.25, 0.3) is 0 Å². The molecule has 1 saturated heterocycles. The quantitative estimate of drug-likeness (QED) is 0.393. The van der Waals surface area contributed by atoms with Crippen LogP contribution >= 0.6 is 0 Å². The molecule has 1 aliphatic heterocycles. The van der Waals surface area contributed by atoms with E-state index in [1.165, 1.54) is 19.4 Å². The van der Waals surface area contributed by atoms with Gasteiger partial charge in [-0.15, -0.1) is 0 Å². The number of likely N-dealkylation sites (tertiary alicyclic amines) is 1. The first-order chi connectivity index (χ1) is 7.27. The number of nitrogens with zero attached hydrogens (tertiary/aromatic N) is 2. The third-order valence-electron chi connectivity index (χ3n) is 2.74. The lowest BCUT2D eigenvalue weighted by atomic mass is 10.2. The Morgan fingerprint density at radius 2 is 2.47 bits per heavy atom. The molecule has 0 bridgehead atoms. The maximum Gasteiger partial charge on any atom is 0.116 e. The first kappa shape index (κ1) is 12.0. The van der Waals surface area contributed by atoms with E-state index in [0.29, 0.717) is 6.04 Å². The van der Waals surface area contributed by atoms with Gasteiger partial charge in [0.1, 0.15) is 12.4 Å². The van der Waals surface area contributed by atoms with Crippen LogP contribution < -0.4 is 0 Å². The Morgan fingerprint density at radius 3 is 3.00 bits per heavy atom. The van der Waals surface area contributed by atoms with Crippen LogP contribution in [0.5, 0.6) is 0 Å². The Hall–Kier alpha value is -1.09. The maximum absolute atomic E-state index is 5.69. The van der Waals surface area contributed by atoms with E-state index in [0.717, 1.165) is 12.4 Å². The van der Waals surface area contributed by atoms with E-state index in [2.05, 4.69) is 23.7 Å². The van der Waals surface area contributed by atoms with Gasteiger partial charge in [0, 0.05) is 12.2 Å². The maximum atomic E-state index is 5.69. The lowest BCUT2D eigenvalue weighted by Crippen LogP contribution is -2.29. The van der Waals surface area contributed by atoms with Gasteiger partial charge in [-0.2, -0.15) is 0 Å². The minimum atomic E-state index is 0.560.